The van der Waals surface area contributed by atoms with Crippen molar-refractivity contribution in [3.05, 3.63) is 38.6 Å². The van der Waals surface area contributed by atoms with Gasteiger partial charge in [-0.1, -0.05) is 23.7 Å². The third kappa shape index (κ3) is 3.59. The Morgan fingerprint density at radius 3 is 2.80 bits per heavy atom. The van der Waals surface area contributed by atoms with Gasteiger partial charge in [-0.15, -0.1) is 0 Å². The minimum atomic E-state index is 0.451. The Kier molecular flexibility index (Phi) is 5.56. The van der Waals surface area contributed by atoms with E-state index in [1.165, 1.54) is 0 Å². The van der Waals surface area contributed by atoms with Crippen LogP contribution in [0.3, 0.4) is 0 Å². The van der Waals surface area contributed by atoms with Crippen molar-refractivity contribution < 1.29 is 4.74 Å². The van der Waals surface area contributed by atoms with E-state index in [9.17, 15) is 0 Å². The summed E-state index contributed by atoms with van der Waals surface area (Å²) < 4.78 is 6.19. The van der Waals surface area contributed by atoms with Gasteiger partial charge in [-0.05, 0) is 41.6 Å². The summed E-state index contributed by atoms with van der Waals surface area (Å²) in [5.74, 6) is 1.47. The van der Waals surface area contributed by atoms with Crippen LogP contribution in [0.5, 0.6) is 0 Å². The lowest BCUT2D eigenvalue weighted by Crippen LogP contribution is -2.08. The molecule has 0 fully saturated rings. The zero-order chi connectivity index (χ0) is 14.5. The van der Waals surface area contributed by atoms with Crippen LogP contribution in [0.25, 0.3) is 11.4 Å². The summed E-state index contributed by atoms with van der Waals surface area (Å²) in [6.07, 6.45) is 0. The van der Waals surface area contributed by atoms with Crippen molar-refractivity contribution in [1.29, 1.82) is 0 Å². The third-order valence-corrected chi connectivity index (χ3v) is 4.00. The van der Waals surface area contributed by atoms with Crippen LogP contribution in [0.15, 0.2) is 24.3 Å². The van der Waals surface area contributed by atoms with Crippen LogP contribution in [-0.2, 0) is 11.3 Å². The largest absolute Gasteiger partial charge is 0.378 e. The van der Waals surface area contributed by atoms with Gasteiger partial charge >= 0.3 is 0 Å². The number of anilines is 1. The van der Waals surface area contributed by atoms with Gasteiger partial charge in [0.15, 0.2) is 5.82 Å². The van der Waals surface area contributed by atoms with E-state index in [1.54, 1.807) is 7.11 Å². The van der Waals surface area contributed by atoms with Gasteiger partial charge in [0.1, 0.15) is 5.82 Å². The Labute approximate surface area is 137 Å². The first-order chi connectivity index (χ1) is 9.65. The third-order valence-electron chi connectivity index (χ3n) is 2.63. The quantitative estimate of drug-likeness (QED) is 0.767. The number of halogens is 2. The predicted octanol–water partition coefficient (Wildman–Crippen LogP) is 3.98. The fraction of sp³-hybridized carbons (Fsp3) is 0.286. The molecule has 2 aromatic rings. The van der Waals surface area contributed by atoms with Crippen molar-refractivity contribution in [2.75, 3.05) is 19.0 Å². The molecule has 1 aromatic carbocycles. The molecule has 0 amide bonds. The summed E-state index contributed by atoms with van der Waals surface area (Å²) in [6, 6.07) is 7.53. The van der Waals surface area contributed by atoms with Crippen molar-refractivity contribution in [2.45, 2.75) is 13.5 Å². The summed E-state index contributed by atoms with van der Waals surface area (Å²) in [4.78, 5) is 9.15. The molecular formula is C14H15ClIN3O. The Bertz CT molecular complexity index is 580. The fourth-order valence-electron chi connectivity index (χ4n) is 1.77. The normalized spacial score (nSPS) is 10.6. The minimum absolute atomic E-state index is 0.451. The average molecular weight is 404 g/mol. The molecule has 0 saturated heterocycles. The van der Waals surface area contributed by atoms with Gasteiger partial charge in [-0.3, -0.25) is 0 Å². The molecule has 0 radical (unpaired) electrons. The monoisotopic (exact) mass is 403 g/mol. The van der Waals surface area contributed by atoms with Crippen molar-refractivity contribution in [3.8, 4) is 11.4 Å². The SMILES string of the molecule is CCNc1nc(-c2cccc(Cl)c2)nc(COC)c1I. The smallest absolute Gasteiger partial charge is 0.161 e. The van der Waals surface area contributed by atoms with Crippen LogP contribution in [0.1, 0.15) is 12.6 Å². The second-order valence-electron chi connectivity index (χ2n) is 4.13. The van der Waals surface area contributed by atoms with Crippen molar-refractivity contribution >= 4 is 40.0 Å². The molecule has 1 aromatic heterocycles. The van der Waals surface area contributed by atoms with Crippen LogP contribution in [0, 0.1) is 3.57 Å². The molecule has 1 N–H and O–H groups in total. The standard InChI is InChI=1S/C14H15ClIN3O/c1-3-17-14-12(16)11(8-20-2)18-13(19-14)9-5-4-6-10(15)7-9/h4-7H,3,8H2,1-2H3,(H,17,18,19). The van der Waals surface area contributed by atoms with E-state index < -0.39 is 0 Å². The molecular weight excluding hydrogens is 389 g/mol. The van der Waals surface area contributed by atoms with Gasteiger partial charge in [-0.2, -0.15) is 0 Å². The van der Waals surface area contributed by atoms with E-state index in [-0.39, 0.29) is 0 Å². The highest BCUT2D eigenvalue weighted by Gasteiger charge is 2.13. The molecule has 4 nitrogen and oxygen atoms in total. The first-order valence-electron chi connectivity index (χ1n) is 6.20. The number of benzene rings is 1. The van der Waals surface area contributed by atoms with Crippen LogP contribution < -0.4 is 5.32 Å². The molecule has 0 atom stereocenters. The van der Waals surface area contributed by atoms with Crippen molar-refractivity contribution in [1.82, 2.24) is 9.97 Å². The summed E-state index contributed by atoms with van der Waals surface area (Å²) in [5, 5.41) is 3.92. The molecule has 0 spiro atoms. The number of nitrogens with zero attached hydrogens (tertiary/aromatic N) is 2. The van der Waals surface area contributed by atoms with Crippen LogP contribution >= 0.6 is 34.2 Å². The predicted molar refractivity (Wildman–Crippen MR) is 90.1 cm³/mol. The number of ether oxygens (including phenoxy) is 1. The van der Waals surface area contributed by atoms with Crippen LogP contribution in [0.2, 0.25) is 5.02 Å². The highest BCUT2D eigenvalue weighted by Crippen LogP contribution is 2.26. The molecule has 6 heteroatoms. The lowest BCUT2D eigenvalue weighted by molar-refractivity contribution is 0.181. The molecule has 0 unspecified atom stereocenters. The number of methoxy groups -OCH3 is 1. The molecule has 106 valence electrons. The van der Waals surface area contributed by atoms with E-state index in [2.05, 4.69) is 37.9 Å². The molecule has 0 aliphatic heterocycles. The molecule has 1 heterocycles. The van der Waals surface area contributed by atoms with E-state index >= 15 is 0 Å². The molecule has 0 aliphatic carbocycles. The fourth-order valence-corrected chi connectivity index (χ4v) is 2.55. The van der Waals surface area contributed by atoms with Gasteiger partial charge in [-0.25, -0.2) is 9.97 Å². The molecule has 2 rings (SSSR count). The first-order valence-corrected chi connectivity index (χ1v) is 7.66. The van der Waals surface area contributed by atoms with E-state index in [4.69, 9.17) is 16.3 Å². The van der Waals surface area contributed by atoms with Crippen molar-refractivity contribution in [2.24, 2.45) is 0 Å². The maximum Gasteiger partial charge on any atom is 0.161 e. The number of aromatic nitrogens is 2. The molecule has 20 heavy (non-hydrogen) atoms. The topological polar surface area (TPSA) is 47.0 Å². The summed E-state index contributed by atoms with van der Waals surface area (Å²) >= 11 is 8.27. The number of hydrogen-bond acceptors (Lipinski definition) is 4. The lowest BCUT2D eigenvalue weighted by Gasteiger charge is -2.12. The molecule has 0 saturated carbocycles. The summed E-state index contributed by atoms with van der Waals surface area (Å²) in [6.45, 7) is 3.29. The lowest BCUT2D eigenvalue weighted by atomic mass is 10.2. The zero-order valence-corrected chi connectivity index (χ0v) is 14.2. The van der Waals surface area contributed by atoms with Gasteiger partial charge in [0, 0.05) is 24.2 Å². The van der Waals surface area contributed by atoms with Crippen molar-refractivity contribution in [3.63, 3.8) is 0 Å². The summed E-state index contributed by atoms with van der Waals surface area (Å²) in [7, 11) is 1.66. The second-order valence-corrected chi connectivity index (χ2v) is 5.65. The highest BCUT2D eigenvalue weighted by molar-refractivity contribution is 14.1. The minimum Gasteiger partial charge on any atom is -0.378 e. The van der Waals surface area contributed by atoms with Crippen LogP contribution in [-0.4, -0.2) is 23.6 Å². The van der Waals surface area contributed by atoms with E-state index in [0.717, 1.165) is 27.2 Å². The van der Waals surface area contributed by atoms with Gasteiger partial charge < -0.3 is 10.1 Å². The Morgan fingerprint density at radius 2 is 2.15 bits per heavy atom. The first kappa shape index (κ1) is 15.5. The number of nitrogens with one attached hydrogen (secondary N) is 1. The maximum atomic E-state index is 6.03. The Balaban J connectivity index is 2.52. The Morgan fingerprint density at radius 1 is 1.35 bits per heavy atom. The van der Waals surface area contributed by atoms with Gasteiger partial charge in [0.25, 0.3) is 0 Å². The number of hydrogen-bond donors (Lipinski definition) is 1. The van der Waals surface area contributed by atoms with E-state index in [1.807, 2.05) is 31.2 Å². The zero-order valence-electron chi connectivity index (χ0n) is 11.3. The van der Waals surface area contributed by atoms with Gasteiger partial charge in [0.05, 0.1) is 15.9 Å². The van der Waals surface area contributed by atoms with E-state index in [0.29, 0.717) is 17.5 Å². The van der Waals surface area contributed by atoms with Gasteiger partial charge in [0.2, 0.25) is 0 Å². The van der Waals surface area contributed by atoms with Crippen LogP contribution in [0.4, 0.5) is 5.82 Å². The average Bonchev–Trinajstić information content (AvgIpc) is 2.43. The molecule has 0 bridgehead atoms. The number of rotatable bonds is 5. The Hall–Kier alpha value is -0.920. The summed E-state index contributed by atoms with van der Waals surface area (Å²) in [5.41, 5.74) is 1.76. The maximum absolute atomic E-state index is 6.03. The second kappa shape index (κ2) is 7.19. The molecule has 0 aliphatic rings. The highest BCUT2D eigenvalue weighted by atomic mass is 127.